The van der Waals surface area contributed by atoms with Crippen molar-refractivity contribution in [3.8, 4) is 11.5 Å². The van der Waals surface area contributed by atoms with E-state index in [2.05, 4.69) is 5.32 Å². The minimum Gasteiger partial charge on any atom is -0.493 e. The molecule has 0 spiro atoms. The fraction of sp³-hybridized carbons (Fsp3) is 0.636. The van der Waals surface area contributed by atoms with Crippen molar-refractivity contribution in [3.63, 3.8) is 0 Å². The first-order chi connectivity index (χ1) is 14.4. The van der Waals surface area contributed by atoms with Crippen LogP contribution < -0.4 is 14.8 Å². The lowest BCUT2D eigenvalue weighted by Gasteiger charge is -2.39. The highest BCUT2D eigenvalue weighted by molar-refractivity contribution is 5.95. The quantitative estimate of drug-likeness (QED) is 0.426. The van der Waals surface area contributed by atoms with Gasteiger partial charge in [0.2, 0.25) is 0 Å². The summed E-state index contributed by atoms with van der Waals surface area (Å²) in [6.45, 7) is 6.21. The first-order valence-electron chi connectivity index (χ1n) is 10.3. The normalized spacial score (nSPS) is 18.1. The summed E-state index contributed by atoms with van der Waals surface area (Å²) in [5.74, 6) is 0.479. The molecule has 9 heteroatoms. The van der Waals surface area contributed by atoms with Gasteiger partial charge in [0.1, 0.15) is 0 Å². The summed E-state index contributed by atoms with van der Waals surface area (Å²) in [7, 11) is 4.61. The Morgan fingerprint density at radius 1 is 1.13 bits per heavy atom. The molecule has 1 aromatic carbocycles. The van der Waals surface area contributed by atoms with E-state index >= 15 is 0 Å². The summed E-state index contributed by atoms with van der Waals surface area (Å²) in [5.41, 5.74) is 0.520. The van der Waals surface area contributed by atoms with Crippen LogP contribution in [0.15, 0.2) is 18.2 Å². The number of hydrogen-bond donors (Lipinski definition) is 1. The number of hydrogen-bond acceptors (Lipinski definition) is 7. The summed E-state index contributed by atoms with van der Waals surface area (Å²) in [5, 5.41) is 3.26. The van der Waals surface area contributed by atoms with Gasteiger partial charge >= 0.3 is 5.97 Å². The smallest absolute Gasteiger partial charge is 0.310 e. The van der Waals surface area contributed by atoms with Gasteiger partial charge in [-0.15, -0.1) is 12.4 Å². The van der Waals surface area contributed by atoms with Gasteiger partial charge < -0.3 is 29.2 Å². The van der Waals surface area contributed by atoms with Crippen molar-refractivity contribution < 1.29 is 28.5 Å². The number of benzene rings is 1. The van der Waals surface area contributed by atoms with Crippen molar-refractivity contribution in [2.24, 2.45) is 5.92 Å². The summed E-state index contributed by atoms with van der Waals surface area (Å²) in [6, 6.07) is 5.06. The molecule has 31 heavy (non-hydrogen) atoms. The Hall–Kier alpha value is -2.03. The van der Waals surface area contributed by atoms with Crippen molar-refractivity contribution in [2.45, 2.75) is 38.8 Å². The third-order valence-electron chi connectivity index (χ3n) is 5.21. The molecule has 0 saturated carbocycles. The van der Waals surface area contributed by atoms with Gasteiger partial charge in [0.15, 0.2) is 11.5 Å². The average Bonchev–Trinajstić information content (AvgIpc) is 2.76. The molecule has 1 amide bonds. The van der Waals surface area contributed by atoms with Crippen LogP contribution in [0.1, 0.15) is 37.0 Å². The van der Waals surface area contributed by atoms with E-state index in [0.717, 1.165) is 6.42 Å². The third-order valence-corrected chi connectivity index (χ3v) is 5.21. The fourth-order valence-corrected chi connectivity index (χ4v) is 3.76. The van der Waals surface area contributed by atoms with Crippen molar-refractivity contribution in [1.29, 1.82) is 0 Å². The van der Waals surface area contributed by atoms with Crippen LogP contribution >= 0.6 is 12.4 Å². The highest BCUT2D eigenvalue weighted by Crippen LogP contribution is 2.30. The van der Waals surface area contributed by atoms with E-state index in [1.165, 1.54) is 7.11 Å². The number of amides is 1. The number of carbonyl (C=O) groups excluding carboxylic acids is 2. The molecule has 1 fully saturated rings. The summed E-state index contributed by atoms with van der Waals surface area (Å²) >= 11 is 0. The topological polar surface area (TPSA) is 86.3 Å². The van der Waals surface area contributed by atoms with Crippen molar-refractivity contribution in [2.75, 3.05) is 47.6 Å². The van der Waals surface area contributed by atoms with Crippen LogP contribution in [0, 0.1) is 5.92 Å². The zero-order valence-corrected chi connectivity index (χ0v) is 19.8. The SMILES string of the molecule is COCCCOc1cc(C(=O)N(C(C)C)[C@H]2CNC[C@H](C(=O)OC)C2)ccc1OC.Cl. The lowest BCUT2D eigenvalue weighted by Crippen LogP contribution is -2.54. The van der Waals surface area contributed by atoms with Gasteiger partial charge in [0.05, 0.1) is 26.7 Å². The molecule has 0 bridgehead atoms. The lowest BCUT2D eigenvalue weighted by atomic mass is 9.93. The molecule has 0 unspecified atom stereocenters. The van der Waals surface area contributed by atoms with Crippen molar-refractivity contribution >= 4 is 24.3 Å². The van der Waals surface area contributed by atoms with Crippen LogP contribution in [-0.4, -0.2) is 76.5 Å². The predicted molar refractivity (Wildman–Crippen MR) is 120 cm³/mol. The van der Waals surface area contributed by atoms with E-state index in [1.54, 1.807) is 32.4 Å². The van der Waals surface area contributed by atoms with Gasteiger partial charge in [-0.1, -0.05) is 0 Å². The maximum Gasteiger partial charge on any atom is 0.310 e. The molecule has 8 nitrogen and oxygen atoms in total. The Labute approximate surface area is 191 Å². The van der Waals surface area contributed by atoms with Crippen LogP contribution in [0.25, 0.3) is 0 Å². The van der Waals surface area contributed by atoms with Crippen LogP contribution in [0.3, 0.4) is 0 Å². The minimum atomic E-state index is -0.265. The zero-order valence-electron chi connectivity index (χ0n) is 19.0. The molecule has 1 aliphatic rings. The van der Waals surface area contributed by atoms with Crippen molar-refractivity contribution in [3.05, 3.63) is 23.8 Å². The largest absolute Gasteiger partial charge is 0.493 e. The second-order valence-corrected chi connectivity index (χ2v) is 7.63. The van der Waals surface area contributed by atoms with Crippen LogP contribution in [0.4, 0.5) is 0 Å². The predicted octanol–water partition coefficient (Wildman–Crippen LogP) is 2.53. The van der Waals surface area contributed by atoms with Gasteiger partial charge in [-0.05, 0) is 38.5 Å². The zero-order chi connectivity index (χ0) is 22.1. The van der Waals surface area contributed by atoms with Crippen LogP contribution in [0.5, 0.6) is 11.5 Å². The highest BCUT2D eigenvalue weighted by atomic mass is 35.5. The molecule has 1 aromatic rings. The first kappa shape index (κ1) is 27.0. The van der Waals surface area contributed by atoms with E-state index in [0.29, 0.717) is 49.8 Å². The summed E-state index contributed by atoms with van der Waals surface area (Å²) in [4.78, 5) is 27.3. The summed E-state index contributed by atoms with van der Waals surface area (Å²) < 4.78 is 21.1. The number of ether oxygens (including phenoxy) is 4. The Kier molecular flexibility index (Phi) is 11.7. The monoisotopic (exact) mass is 458 g/mol. The molecule has 0 aliphatic carbocycles. The van der Waals surface area contributed by atoms with E-state index in [4.69, 9.17) is 18.9 Å². The van der Waals surface area contributed by atoms with Crippen LogP contribution in [0.2, 0.25) is 0 Å². The molecular weight excluding hydrogens is 424 g/mol. The average molecular weight is 459 g/mol. The molecule has 2 rings (SSSR count). The molecule has 1 aliphatic heterocycles. The number of carbonyl (C=O) groups is 2. The molecule has 1 saturated heterocycles. The molecule has 2 atom stereocenters. The molecule has 176 valence electrons. The van der Waals surface area contributed by atoms with Crippen LogP contribution in [-0.2, 0) is 14.3 Å². The van der Waals surface area contributed by atoms with E-state index in [1.807, 2.05) is 18.7 Å². The lowest BCUT2D eigenvalue weighted by molar-refractivity contribution is -0.146. The number of esters is 1. The minimum absolute atomic E-state index is 0. The number of methoxy groups -OCH3 is 3. The van der Waals surface area contributed by atoms with Crippen molar-refractivity contribution in [1.82, 2.24) is 10.2 Å². The second-order valence-electron chi connectivity index (χ2n) is 7.63. The fourth-order valence-electron chi connectivity index (χ4n) is 3.76. The van der Waals surface area contributed by atoms with E-state index in [9.17, 15) is 9.59 Å². The maximum absolute atomic E-state index is 13.4. The summed E-state index contributed by atoms with van der Waals surface area (Å²) in [6.07, 6.45) is 1.30. The number of piperidine rings is 1. The molecule has 0 radical (unpaired) electrons. The second kappa shape index (κ2) is 13.4. The Morgan fingerprint density at radius 2 is 1.87 bits per heavy atom. The number of halogens is 1. The Balaban J connectivity index is 0.00000480. The number of rotatable bonds is 10. The van der Waals surface area contributed by atoms with Gasteiger partial charge in [-0.25, -0.2) is 0 Å². The molecular formula is C22H35ClN2O6. The molecule has 1 N–H and O–H groups in total. The Bertz CT molecular complexity index is 715. The number of nitrogens with zero attached hydrogens (tertiary/aromatic N) is 1. The van der Waals surface area contributed by atoms with Gasteiger partial charge in [0, 0.05) is 50.9 Å². The standard InChI is InChI=1S/C22H34N2O6.ClH/c1-15(2)24(18-11-17(13-23-14-18)22(26)29-5)21(25)16-7-8-19(28-4)20(12-16)30-10-6-9-27-3;/h7-8,12,15,17-18,23H,6,9-11,13-14H2,1-5H3;1H/t17-,18-;/m1./s1. The maximum atomic E-state index is 13.4. The third kappa shape index (κ3) is 7.26. The van der Waals surface area contributed by atoms with E-state index < -0.39 is 0 Å². The highest BCUT2D eigenvalue weighted by Gasteiger charge is 2.35. The van der Waals surface area contributed by atoms with E-state index in [-0.39, 0.29) is 42.3 Å². The molecule has 1 heterocycles. The molecule has 0 aromatic heterocycles. The first-order valence-corrected chi connectivity index (χ1v) is 10.3. The van der Waals surface area contributed by atoms with Gasteiger partial charge in [0.25, 0.3) is 5.91 Å². The van der Waals surface area contributed by atoms with Gasteiger partial charge in [-0.3, -0.25) is 9.59 Å². The Morgan fingerprint density at radius 3 is 2.48 bits per heavy atom. The van der Waals surface area contributed by atoms with Gasteiger partial charge in [-0.2, -0.15) is 0 Å². The number of nitrogens with one attached hydrogen (secondary N) is 1.